The molecule has 0 bridgehead atoms. The summed E-state index contributed by atoms with van der Waals surface area (Å²) in [6.45, 7) is 4.63. The molecule has 1 N–H and O–H groups in total. The Morgan fingerprint density at radius 1 is 1.14 bits per heavy atom. The number of aromatic nitrogens is 6. The molecule has 3 aliphatic rings. The number of rotatable bonds is 6. The topological polar surface area (TPSA) is 97.0 Å². The highest BCUT2D eigenvalue weighted by atomic mass is 16.2. The molecule has 2 saturated carbocycles. The molecule has 4 atom stereocenters. The lowest BCUT2D eigenvalue weighted by Gasteiger charge is -2.48. The summed E-state index contributed by atoms with van der Waals surface area (Å²) in [4.78, 5) is 27.5. The number of anilines is 1. The average molecular weight is 490 g/mol. The normalized spacial score (nSPS) is 26.6. The molecule has 10 nitrogen and oxygen atoms in total. The fourth-order valence-corrected chi connectivity index (χ4v) is 5.84. The molecule has 1 saturated heterocycles. The van der Waals surface area contributed by atoms with E-state index >= 15 is 0 Å². The zero-order chi connectivity index (χ0) is 25.0. The van der Waals surface area contributed by atoms with Gasteiger partial charge in [0.05, 0.1) is 30.6 Å². The first kappa shape index (κ1) is 23.3. The highest BCUT2D eigenvalue weighted by molar-refractivity contribution is 5.95. The first-order chi connectivity index (χ1) is 17.4. The lowest BCUT2D eigenvalue weighted by atomic mass is 9.76. The van der Waals surface area contributed by atoms with Gasteiger partial charge in [-0.25, -0.2) is 9.97 Å². The molecule has 190 valence electrons. The van der Waals surface area contributed by atoms with Crippen LogP contribution in [-0.4, -0.2) is 73.0 Å². The monoisotopic (exact) mass is 489 g/mol. The van der Waals surface area contributed by atoms with Gasteiger partial charge in [0, 0.05) is 30.2 Å². The smallest absolute Gasteiger partial charge is 0.234 e. The maximum absolute atomic E-state index is 13.9. The fourth-order valence-electron chi connectivity index (χ4n) is 5.84. The standard InChI is InChI=1S/C26H35N9O/c1-16(2)34-15-29-31-25(34)19-6-5-7-24(30-19)35-14-28-20-11-22(32(3)4)23(10-18(20)26(35)36)33-12-21(27-13-33)17-8-9-17/h5-7,12-13,15-18,20,22-23,28H,8-11,14H2,1-4H3. The van der Waals surface area contributed by atoms with Crippen LogP contribution in [0.5, 0.6) is 0 Å². The van der Waals surface area contributed by atoms with Crippen LogP contribution in [0.1, 0.15) is 63.2 Å². The number of nitrogens with zero attached hydrogens (tertiary/aromatic N) is 8. The van der Waals surface area contributed by atoms with Crippen LogP contribution in [0.3, 0.4) is 0 Å². The molecule has 0 aromatic carbocycles. The summed E-state index contributed by atoms with van der Waals surface area (Å²) in [7, 11) is 4.28. The Morgan fingerprint density at radius 3 is 2.72 bits per heavy atom. The van der Waals surface area contributed by atoms with Crippen molar-refractivity contribution in [2.75, 3.05) is 25.7 Å². The lowest BCUT2D eigenvalue weighted by Crippen LogP contribution is -2.62. The van der Waals surface area contributed by atoms with Crippen LogP contribution in [0.4, 0.5) is 5.82 Å². The first-order valence-corrected chi connectivity index (χ1v) is 13.0. The van der Waals surface area contributed by atoms with Gasteiger partial charge in [0.15, 0.2) is 5.82 Å². The van der Waals surface area contributed by atoms with Crippen LogP contribution in [0, 0.1) is 5.92 Å². The highest BCUT2D eigenvalue weighted by Crippen LogP contribution is 2.42. The van der Waals surface area contributed by atoms with Crippen LogP contribution in [0.25, 0.3) is 11.5 Å². The SMILES string of the molecule is CC(C)n1cnnc1-c1cccc(N2CNC3CC(N(C)C)C(n4cnc(C5CC5)c4)CC3C2=O)n1. The summed E-state index contributed by atoms with van der Waals surface area (Å²) < 4.78 is 4.25. The van der Waals surface area contributed by atoms with Gasteiger partial charge in [0.25, 0.3) is 0 Å². The molecule has 4 unspecified atom stereocenters. The van der Waals surface area contributed by atoms with E-state index in [1.165, 1.54) is 18.5 Å². The van der Waals surface area contributed by atoms with Crippen molar-refractivity contribution in [2.24, 2.45) is 5.92 Å². The van der Waals surface area contributed by atoms with Crippen LogP contribution in [0.2, 0.25) is 0 Å². The van der Waals surface area contributed by atoms with Crippen molar-refractivity contribution in [3.8, 4) is 11.5 Å². The van der Waals surface area contributed by atoms with E-state index in [4.69, 9.17) is 9.97 Å². The Hall–Kier alpha value is -3.11. The van der Waals surface area contributed by atoms with E-state index in [9.17, 15) is 4.79 Å². The number of imidazole rings is 1. The van der Waals surface area contributed by atoms with Gasteiger partial charge in [0.1, 0.15) is 17.8 Å². The minimum absolute atomic E-state index is 0.114. The predicted octanol–water partition coefficient (Wildman–Crippen LogP) is 2.84. The molecule has 3 aromatic heterocycles. The van der Waals surface area contributed by atoms with Crippen molar-refractivity contribution in [1.82, 2.24) is 39.5 Å². The summed E-state index contributed by atoms with van der Waals surface area (Å²) in [6.07, 6.45) is 10.1. The highest BCUT2D eigenvalue weighted by Gasteiger charge is 2.46. The molecule has 1 aliphatic heterocycles. The number of fused-ring (bicyclic) bond motifs is 1. The number of hydrogen-bond acceptors (Lipinski definition) is 7. The summed E-state index contributed by atoms with van der Waals surface area (Å²) in [5.74, 6) is 2.00. The summed E-state index contributed by atoms with van der Waals surface area (Å²) in [5, 5.41) is 12.0. The Kier molecular flexibility index (Phi) is 5.88. The lowest BCUT2D eigenvalue weighted by molar-refractivity contribution is -0.127. The molecule has 36 heavy (non-hydrogen) atoms. The molecule has 2 aliphatic carbocycles. The first-order valence-electron chi connectivity index (χ1n) is 13.0. The third kappa shape index (κ3) is 4.12. The second-order valence-electron chi connectivity index (χ2n) is 11.0. The maximum Gasteiger partial charge on any atom is 0.234 e. The van der Waals surface area contributed by atoms with Gasteiger partial charge in [0.2, 0.25) is 5.91 Å². The second kappa shape index (κ2) is 9.08. The van der Waals surface area contributed by atoms with Gasteiger partial charge in [-0.15, -0.1) is 10.2 Å². The molecule has 0 radical (unpaired) electrons. The maximum atomic E-state index is 13.9. The van der Waals surface area contributed by atoms with Crippen LogP contribution < -0.4 is 10.2 Å². The molecular weight excluding hydrogens is 454 g/mol. The quantitative estimate of drug-likeness (QED) is 0.569. The van der Waals surface area contributed by atoms with E-state index < -0.39 is 0 Å². The number of hydrogen-bond donors (Lipinski definition) is 1. The Morgan fingerprint density at radius 2 is 1.97 bits per heavy atom. The number of likely N-dealkylation sites (N-methyl/N-ethyl adjacent to an activating group) is 1. The van der Waals surface area contributed by atoms with E-state index in [1.807, 2.05) is 29.1 Å². The van der Waals surface area contributed by atoms with Crippen molar-refractivity contribution in [3.05, 3.63) is 42.7 Å². The molecule has 3 fully saturated rings. The molecular formula is C26H35N9O. The number of pyridine rings is 1. The van der Waals surface area contributed by atoms with Gasteiger partial charge in [-0.05, 0) is 65.8 Å². The number of carbonyl (C=O) groups is 1. The van der Waals surface area contributed by atoms with E-state index in [-0.39, 0.29) is 30.0 Å². The van der Waals surface area contributed by atoms with Gasteiger partial charge in [-0.3, -0.25) is 15.0 Å². The Balaban J connectivity index is 1.26. The van der Waals surface area contributed by atoms with Crippen molar-refractivity contribution in [1.29, 1.82) is 0 Å². The Bertz CT molecular complexity index is 1240. The van der Waals surface area contributed by atoms with E-state index in [2.05, 4.69) is 59.1 Å². The number of amides is 1. The number of nitrogens with one attached hydrogen (secondary N) is 1. The average Bonchev–Trinajstić information content (AvgIpc) is 3.39. The van der Waals surface area contributed by atoms with Crippen molar-refractivity contribution in [3.63, 3.8) is 0 Å². The predicted molar refractivity (Wildman–Crippen MR) is 136 cm³/mol. The van der Waals surface area contributed by atoms with E-state index in [0.717, 1.165) is 12.8 Å². The molecule has 4 heterocycles. The zero-order valence-corrected chi connectivity index (χ0v) is 21.4. The van der Waals surface area contributed by atoms with Gasteiger partial charge in [-0.1, -0.05) is 6.07 Å². The van der Waals surface area contributed by atoms with Crippen LogP contribution >= 0.6 is 0 Å². The van der Waals surface area contributed by atoms with E-state index in [0.29, 0.717) is 36.0 Å². The van der Waals surface area contributed by atoms with Crippen molar-refractivity contribution >= 4 is 11.7 Å². The minimum Gasteiger partial charge on any atom is -0.333 e. The minimum atomic E-state index is -0.114. The molecule has 1 amide bonds. The van der Waals surface area contributed by atoms with Gasteiger partial charge < -0.3 is 14.0 Å². The van der Waals surface area contributed by atoms with Gasteiger partial charge in [-0.2, -0.15) is 0 Å². The molecule has 0 spiro atoms. The largest absolute Gasteiger partial charge is 0.333 e. The summed E-state index contributed by atoms with van der Waals surface area (Å²) in [5.41, 5.74) is 1.91. The van der Waals surface area contributed by atoms with Crippen LogP contribution in [0.15, 0.2) is 37.1 Å². The summed E-state index contributed by atoms with van der Waals surface area (Å²) >= 11 is 0. The fraction of sp³-hybridized carbons (Fsp3) is 0.577. The molecule has 6 rings (SSSR count). The van der Waals surface area contributed by atoms with Crippen molar-refractivity contribution in [2.45, 2.75) is 69.6 Å². The summed E-state index contributed by atoms with van der Waals surface area (Å²) in [6, 6.07) is 6.67. The second-order valence-corrected chi connectivity index (χ2v) is 11.0. The zero-order valence-electron chi connectivity index (χ0n) is 21.4. The third-order valence-corrected chi connectivity index (χ3v) is 8.05. The number of carbonyl (C=O) groups excluding carboxylic acids is 1. The molecule has 3 aromatic rings. The van der Waals surface area contributed by atoms with Crippen molar-refractivity contribution < 1.29 is 4.79 Å². The van der Waals surface area contributed by atoms with Crippen LogP contribution in [-0.2, 0) is 4.79 Å². The third-order valence-electron chi connectivity index (χ3n) is 8.05. The van der Waals surface area contributed by atoms with E-state index in [1.54, 1.807) is 11.2 Å². The molecule has 10 heteroatoms. The van der Waals surface area contributed by atoms with Gasteiger partial charge >= 0.3 is 0 Å². The Labute approximate surface area is 211 Å².